The van der Waals surface area contributed by atoms with Crippen LogP contribution in [0, 0.1) is 11.8 Å². The van der Waals surface area contributed by atoms with Crippen LogP contribution in [0.25, 0.3) is 0 Å². The Labute approximate surface area is 236 Å². The minimum Gasteiger partial charge on any atom is -0.382 e. The van der Waals surface area contributed by atoms with E-state index in [1.54, 1.807) is 16.8 Å². The summed E-state index contributed by atoms with van der Waals surface area (Å²) >= 11 is 0. The van der Waals surface area contributed by atoms with E-state index in [0.717, 1.165) is 30.6 Å². The van der Waals surface area contributed by atoms with Crippen LogP contribution in [-0.2, 0) is 16.1 Å². The molecule has 2 aromatic heterocycles. The van der Waals surface area contributed by atoms with E-state index in [-0.39, 0.29) is 18.3 Å². The average molecular weight is 580 g/mol. The SMILES string of the molecule is CCn1nccc1C(=O)N[C@H](C(=O)Nc1cc(C(COC)N2C[C@@H](C(F)(F)F)NC2=O)ccn1)C1CCC(C)CC1. The van der Waals surface area contributed by atoms with E-state index in [9.17, 15) is 27.6 Å². The van der Waals surface area contributed by atoms with Crippen LogP contribution in [0.2, 0.25) is 0 Å². The summed E-state index contributed by atoms with van der Waals surface area (Å²) in [6, 6.07) is 0.1000. The number of urea groups is 1. The van der Waals surface area contributed by atoms with E-state index in [2.05, 4.69) is 27.6 Å². The minimum atomic E-state index is -4.59. The van der Waals surface area contributed by atoms with Gasteiger partial charge in [-0.25, -0.2) is 9.78 Å². The third-order valence-electron chi connectivity index (χ3n) is 7.80. The lowest BCUT2D eigenvalue weighted by atomic mass is 9.79. The summed E-state index contributed by atoms with van der Waals surface area (Å²) in [7, 11) is 1.38. The van der Waals surface area contributed by atoms with Gasteiger partial charge in [-0.3, -0.25) is 14.3 Å². The largest absolute Gasteiger partial charge is 0.410 e. The molecule has 4 amide bonds. The second-order valence-electron chi connectivity index (χ2n) is 10.6. The monoisotopic (exact) mass is 579 g/mol. The lowest BCUT2D eigenvalue weighted by molar-refractivity contribution is -0.150. The summed E-state index contributed by atoms with van der Waals surface area (Å²) in [6.45, 7) is 3.86. The Balaban J connectivity index is 1.54. The maximum atomic E-state index is 13.6. The summed E-state index contributed by atoms with van der Waals surface area (Å²) in [5.41, 5.74) is 0.784. The molecule has 41 heavy (non-hydrogen) atoms. The number of alkyl halides is 3. The van der Waals surface area contributed by atoms with Crippen molar-refractivity contribution in [1.82, 2.24) is 30.3 Å². The molecule has 1 aliphatic carbocycles. The number of rotatable bonds is 10. The van der Waals surface area contributed by atoms with Crippen molar-refractivity contribution in [3.8, 4) is 0 Å². The van der Waals surface area contributed by atoms with Gasteiger partial charge < -0.3 is 25.6 Å². The first kappa shape index (κ1) is 30.3. The van der Waals surface area contributed by atoms with Crippen molar-refractivity contribution in [2.45, 2.75) is 70.4 Å². The summed E-state index contributed by atoms with van der Waals surface area (Å²) < 4.78 is 46.6. The minimum absolute atomic E-state index is 0.0700. The predicted octanol–water partition coefficient (Wildman–Crippen LogP) is 3.51. The van der Waals surface area contributed by atoms with E-state index >= 15 is 0 Å². The highest BCUT2D eigenvalue weighted by Crippen LogP contribution is 2.32. The van der Waals surface area contributed by atoms with Crippen LogP contribution in [0.4, 0.5) is 23.8 Å². The molecule has 1 unspecified atom stereocenters. The number of ether oxygens (including phenoxy) is 1. The fourth-order valence-electron chi connectivity index (χ4n) is 5.47. The smallest absolute Gasteiger partial charge is 0.382 e. The Morgan fingerprint density at radius 3 is 2.56 bits per heavy atom. The number of aromatic nitrogens is 3. The molecule has 1 saturated heterocycles. The number of hydrogen-bond acceptors (Lipinski definition) is 6. The van der Waals surface area contributed by atoms with Gasteiger partial charge in [0.05, 0.1) is 19.2 Å². The Morgan fingerprint density at radius 1 is 1.20 bits per heavy atom. The Bertz CT molecular complexity index is 1230. The fourth-order valence-corrected chi connectivity index (χ4v) is 5.47. The van der Waals surface area contributed by atoms with Crippen molar-refractivity contribution in [3.05, 3.63) is 41.9 Å². The van der Waals surface area contributed by atoms with Gasteiger partial charge in [-0.05, 0) is 55.4 Å². The number of hydrogen-bond donors (Lipinski definition) is 3. The number of methoxy groups -OCH3 is 1. The molecule has 1 saturated carbocycles. The van der Waals surface area contributed by atoms with Crippen LogP contribution in [0.15, 0.2) is 30.6 Å². The topological polar surface area (TPSA) is 130 Å². The molecule has 1 aliphatic heterocycles. The third-order valence-corrected chi connectivity index (χ3v) is 7.80. The second-order valence-corrected chi connectivity index (χ2v) is 10.6. The number of carbonyl (C=O) groups is 3. The first-order chi connectivity index (χ1) is 19.5. The number of nitrogens with one attached hydrogen (secondary N) is 3. The van der Waals surface area contributed by atoms with Crippen molar-refractivity contribution >= 4 is 23.7 Å². The Kier molecular flexibility index (Phi) is 9.51. The zero-order chi connectivity index (χ0) is 29.7. The number of nitrogens with zero attached hydrogens (tertiary/aromatic N) is 4. The molecule has 0 spiro atoms. The Hall–Kier alpha value is -3.68. The van der Waals surface area contributed by atoms with Gasteiger partial charge in [0.1, 0.15) is 23.6 Å². The molecule has 14 heteroatoms. The quantitative estimate of drug-likeness (QED) is 0.395. The highest BCUT2D eigenvalue weighted by atomic mass is 19.4. The number of aryl methyl sites for hydroxylation is 1. The molecule has 4 rings (SSSR count). The average Bonchev–Trinajstić information content (AvgIpc) is 3.57. The molecule has 11 nitrogen and oxygen atoms in total. The van der Waals surface area contributed by atoms with E-state index in [1.807, 2.05) is 12.2 Å². The van der Waals surface area contributed by atoms with Crippen molar-refractivity contribution in [2.75, 3.05) is 25.6 Å². The molecule has 3 heterocycles. The molecule has 0 aromatic carbocycles. The van der Waals surface area contributed by atoms with Gasteiger partial charge >= 0.3 is 12.2 Å². The van der Waals surface area contributed by atoms with Crippen molar-refractivity contribution < 1.29 is 32.3 Å². The first-order valence-electron chi connectivity index (χ1n) is 13.7. The van der Waals surface area contributed by atoms with Crippen LogP contribution in [0.3, 0.4) is 0 Å². The highest BCUT2D eigenvalue weighted by Gasteiger charge is 2.48. The molecule has 2 aliphatic rings. The fraction of sp³-hybridized carbons (Fsp3) is 0.593. The molecule has 0 radical (unpaired) electrons. The molecule has 2 fully saturated rings. The molecule has 0 bridgehead atoms. The van der Waals surface area contributed by atoms with Crippen LogP contribution >= 0.6 is 0 Å². The molecular weight excluding hydrogens is 543 g/mol. The molecule has 224 valence electrons. The zero-order valence-electron chi connectivity index (χ0n) is 23.3. The van der Waals surface area contributed by atoms with Crippen LogP contribution in [0.5, 0.6) is 0 Å². The van der Waals surface area contributed by atoms with Crippen molar-refractivity contribution in [1.29, 1.82) is 0 Å². The van der Waals surface area contributed by atoms with Gasteiger partial charge in [0, 0.05) is 26.0 Å². The third kappa shape index (κ3) is 7.16. The number of pyridine rings is 1. The molecule has 3 atom stereocenters. The van der Waals surface area contributed by atoms with Gasteiger partial charge in [-0.1, -0.05) is 19.8 Å². The summed E-state index contributed by atoms with van der Waals surface area (Å²) in [5.74, 6) is -0.288. The van der Waals surface area contributed by atoms with E-state index in [4.69, 9.17) is 4.74 Å². The number of amides is 4. The van der Waals surface area contributed by atoms with Gasteiger partial charge in [0.2, 0.25) is 5.91 Å². The van der Waals surface area contributed by atoms with Crippen LogP contribution in [-0.4, -0.2) is 76.0 Å². The van der Waals surface area contributed by atoms with E-state index in [0.29, 0.717) is 23.7 Å². The maximum absolute atomic E-state index is 13.6. The second kappa shape index (κ2) is 12.9. The Morgan fingerprint density at radius 2 is 1.93 bits per heavy atom. The van der Waals surface area contributed by atoms with Gasteiger partial charge in [0.15, 0.2) is 0 Å². The van der Waals surface area contributed by atoms with Crippen molar-refractivity contribution in [3.63, 3.8) is 0 Å². The van der Waals surface area contributed by atoms with Gasteiger partial charge in [0.25, 0.3) is 5.91 Å². The van der Waals surface area contributed by atoms with Crippen molar-refractivity contribution in [2.24, 2.45) is 11.8 Å². The maximum Gasteiger partial charge on any atom is 0.410 e. The van der Waals surface area contributed by atoms with Crippen LogP contribution in [0.1, 0.15) is 61.6 Å². The molecule has 3 N–H and O–H groups in total. The van der Waals surface area contributed by atoms with Gasteiger partial charge in [-0.2, -0.15) is 18.3 Å². The number of carbonyl (C=O) groups excluding carboxylic acids is 3. The van der Waals surface area contributed by atoms with Gasteiger partial charge in [-0.15, -0.1) is 0 Å². The highest BCUT2D eigenvalue weighted by molar-refractivity contribution is 6.00. The molecular formula is C27H36F3N7O4. The summed E-state index contributed by atoms with van der Waals surface area (Å²) in [4.78, 5) is 44.5. The first-order valence-corrected chi connectivity index (χ1v) is 13.7. The predicted molar refractivity (Wildman–Crippen MR) is 143 cm³/mol. The standard InChI is InChI=1S/C27H36F3N7O4/c1-4-37-19(10-12-32-37)24(38)35-23(17-7-5-16(2)6-8-17)25(39)34-22-13-18(9-11-31-22)20(15-41-3)36-14-21(27(28,29)30)33-26(36)40/h9-13,16-17,20-21,23H,4-8,14-15H2,1-3H3,(H,33,40)(H,35,38)(H,31,34,39)/t16?,17?,20?,21-,23-/m0/s1. The lowest BCUT2D eigenvalue weighted by Crippen LogP contribution is -2.49. The number of halogens is 3. The summed E-state index contributed by atoms with van der Waals surface area (Å²) in [5, 5.41) is 11.8. The molecule has 2 aromatic rings. The van der Waals surface area contributed by atoms with E-state index in [1.165, 1.54) is 25.6 Å². The normalized spacial score (nSPS) is 22.6. The summed E-state index contributed by atoms with van der Waals surface area (Å²) in [6.07, 6.45) is 1.73. The zero-order valence-corrected chi connectivity index (χ0v) is 23.3. The number of anilines is 1. The lowest BCUT2D eigenvalue weighted by Gasteiger charge is -2.32. The van der Waals surface area contributed by atoms with E-state index < -0.39 is 48.7 Å². The van der Waals surface area contributed by atoms with Crippen LogP contribution < -0.4 is 16.0 Å².